The second-order valence-electron chi connectivity index (χ2n) is 6.21. The van der Waals surface area contributed by atoms with Crippen molar-refractivity contribution < 1.29 is 18.0 Å². The first-order valence-electron chi connectivity index (χ1n) is 7.90. The molecule has 2 N–H and O–H groups in total. The van der Waals surface area contributed by atoms with Gasteiger partial charge >= 0.3 is 0 Å². The lowest BCUT2D eigenvalue weighted by atomic mass is 10.2. The van der Waals surface area contributed by atoms with Crippen molar-refractivity contribution in [3.8, 4) is 0 Å². The fourth-order valence-electron chi connectivity index (χ4n) is 2.09. The zero-order chi connectivity index (χ0) is 20.4. The molecule has 0 atom stereocenters. The van der Waals surface area contributed by atoms with Crippen LogP contribution in [0.2, 0.25) is 10.0 Å². The first kappa shape index (κ1) is 21.2. The number of hydrogen-bond donors (Lipinski definition) is 2. The summed E-state index contributed by atoms with van der Waals surface area (Å²) >= 11 is 12.4. The first-order chi connectivity index (χ1) is 12.5. The van der Waals surface area contributed by atoms with E-state index in [1.54, 1.807) is 13.8 Å². The van der Waals surface area contributed by atoms with E-state index in [0.29, 0.717) is 5.69 Å². The first-order valence-corrected chi connectivity index (χ1v) is 10.5. The molecule has 0 aliphatic heterocycles. The Morgan fingerprint density at radius 2 is 1.48 bits per heavy atom. The van der Waals surface area contributed by atoms with Crippen molar-refractivity contribution in [3.63, 3.8) is 0 Å². The maximum Gasteiger partial charge on any atom is 0.255 e. The molecule has 0 aliphatic rings. The fraction of sp³-hybridized carbons (Fsp3) is 0.222. The number of amides is 2. The Balaban J connectivity index is 2.21. The van der Waals surface area contributed by atoms with Gasteiger partial charge in [-0.05, 0) is 36.4 Å². The van der Waals surface area contributed by atoms with Crippen LogP contribution in [0.15, 0.2) is 41.3 Å². The summed E-state index contributed by atoms with van der Waals surface area (Å²) < 4.78 is 23.0. The highest BCUT2D eigenvalue weighted by Gasteiger charge is 2.16. The van der Waals surface area contributed by atoms with Gasteiger partial charge in [-0.3, -0.25) is 9.59 Å². The van der Waals surface area contributed by atoms with Crippen molar-refractivity contribution >= 4 is 56.2 Å². The van der Waals surface area contributed by atoms with E-state index in [1.165, 1.54) is 36.4 Å². The average Bonchev–Trinajstić information content (AvgIpc) is 2.57. The van der Waals surface area contributed by atoms with Crippen LogP contribution in [0.1, 0.15) is 24.2 Å². The number of anilines is 2. The fourth-order valence-corrected chi connectivity index (χ4v) is 3.30. The predicted octanol–water partition coefficient (Wildman–Crippen LogP) is 4.24. The van der Waals surface area contributed by atoms with Gasteiger partial charge in [-0.25, -0.2) is 8.42 Å². The number of sulfone groups is 1. The molecule has 0 heterocycles. The van der Waals surface area contributed by atoms with Crippen LogP contribution in [0.25, 0.3) is 0 Å². The summed E-state index contributed by atoms with van der Waals surface area (Å²) in [5, 5.41) is 5.58. The molecule has 0 fully saturated rings. The second kappa shape index (κ2) is 8.29. The lowest BCUT2D eigenvalue weighted by molar-refractivity contribution is -0.118. The third kappa shape index (κ3) is 5.45. The highest BCUT2D eigenvalue weighted by atomic mass is 35.5. The number of benzene rings is 2. The molecule has 2 amide bonds. The number of nitrogens with one attached hydrogen (secondary N) is 2. The summed E-state index contributed by atoms with van der Waals surface area (Å²) in [6.07, 6.45) is 1.08. The molecule has 2 rings (SSSR count). The second-order valence-corrected chi connectivity index (χ2v) is 9.04. The van der Waals surface area contributed by atoms with Gasteiger partial charge in [0.15, 0.2) is 9.84 Å². The Labute approximate surface area is 167 Å². The van der Waals surface area contributed by atoms with Gasteiger partial charge in [-0.15, -0.1) is 0 Å². The van der Waals surface area contributed by atoms with Crippen LogP contribution < -0.4 is 10.6 Å². The SMILES string of the molecule is CC(C)C(=O)Nc1cc(Cl)c(NC(=O)c2ccc(S(C)(=O)=O)cc2)c(Cl)c1. The van der Waals surface area contributed by atoms with E-state index in [1.807, 2.05) is 0 Å². The molecule has 2 aromatic carbocycles. The molecule has 2 aromatic rings. The molecular weight excluding hydrogens is 411 g/mol. The summed E-state index contributed by atoms with van der Waals surface area (Å²) in [7, 11) is -3.35. The largest absolute Gasteiger partial charge is 0.326 e. The van der Waals surface area contributed by atoms with E-state index >= 15 is 0 Å². The Morgan fingerprint density at radius 1 is 0.963 bits per heavy atom. The minimum absolute atomic E-state index is 0.111. The third-order valence-electron chi connectivity index (χ3n) is 3.62. The van der Waals surface area contributed by atoms with Gasteiger partial charge < -0.3 is 10.6 Å². The number of hydrogen-bond acceptors (Lipinski definition) is 4. The van der Waals surface area contributed by atoms with Crippen LogP contribution in [0.4, 0.5) is 11.4 Å². The molecule has 144 valence electrons. The van der Waals surface area contributed by atoms with Crippen molar-refractivity contribution in [2.45, 2.75) is 18.7 Å². The molecule has 27 heavy (non-hydrogen) atoms. The zero-order valence-electron chi connectivity index (χ0n) is 14.8. The summed E-state index contributed by atoms with van der Waals surface area (Å²) in [4.78, 5) is 24.3. The van der Waals surface area contributed by atoms with Crippen molar-refractivity contribution in [1.29, 1.82) is 0 Å². The quantitative estimate of drug-likeness (QED) is 0.744. The lowest BCUT2D eigenvalue weighted by Crippen LogP contribution is -2.18. The lowest BCUT2D eigenvalue weighted by Gasteiger charge is -2.13. The summed E-state index contributed by atoms with van der Waals surface area (Å²) in [5.74, 6) is -0.903. The van der Waals surface area contributed by atoms with Gasteiger partial charge in [0, 0.05) is 23.4 Å². The third-order valence-corrected chi connectivity index (χ3v) is 5.34. The topological polar surface area (TPSA) is 92.3 Å². The molecule has 6 nitrogen and oxygen atoms in total. The molecule has 0 aromatic heterocycles. The smallest absolute Gasteiger partial charge is 0.255 e. The van der Waals surface area contributed by atoms with E-state index < -0.39 is 15.7 Å². The molecule has 0 bridgehead atoms. The van der Waals surface area contributed by atoms with Gasteiger partial charge in [0.2, 0.25) is 5.91 Å². The molecule has 9 heteroatoms. The number of halogens is 2. The van der Waals surface area contributed by atoms with E-state index in [9.17, 15) is 18.0 Å². The summed E-state index contributed by atoms with van der Waals surface area (Å²) in [5.41, 5.74) is 0.851. The summed E-state index contributed by atoms with van der Waals surface area (Å²) in [6, 6.07) is 8.44. The molecular formula is C18H18Cl2N2O4S. The molecule has 0 aliphatic carbocycles. The van der Waals surface area contributed by atoms with Crippen molar-refractivity contribution in [2.75, 3.05) is 16.9 Å². The molecule has 0 radical (unpaired) electrons. The maximum atomic E-state index is 12.4. The monoisotopic (exact) mass is 428 g/mol. The van der Waals surface area contributed by atoms with Gasteiger partial charge in [0.05, 0.1) is 20.6 Å². The number of carbonyl (C=O) groups is 2. The molecule has 0 saturated carbocycles. The normalized spacial score (nSPS) is 11.3. The minimum atomic E-state index is -3.35. The van der Waals surface area contributed by atoms with Crippen molar-refractivity contribution in [3.05, 3.63) is 52.0 Å². The Bertz CT molecular complexity index is 964. The summed E-state index contributed by atoms with van der Waals surface area (Å²) in [6.45, 7) is 3.50. The van der Waals surface area contributed by atoms with Crippen molar-refractivity contribution in [1.82, 2.24) is 0 Å². The highest BCUT2D eigenvalue weighted by molar-refractivity contribution is 7.90. The van der Waals surface area contributed by atoms with Gasteiger partial charge in [-0.1, -0.05) is 37.0 Å². The minimum Gasteiger partial charge on any atom is -0.326 e. The zero-order valence-corrected chi connectivity index (χ0v) is 17.2. The van der Waals surface area contributed by atoms with E-state index in [0.717, 1.165) is 6.26 Å². The number of rotatable bonds is 5. The Morgan fingerprint density at radius 3 is 1.93 bits per heavy atom. The van der Waals surface area contributed by atoms with Gasteiger partial charge in [0.25, 0.3) is 5.91 Å². The molecule has 0 spiro atoms. The predicted molar refractivity (Wildman–Crippen MR) is 107 cm³/mol. The molecule has 0 saturated heterocycles. The van der Waals surface area contributed by atoms with Crippen LogP contribution in [0.3, 0.4) is 0 Å². The van der Waals surface area contributed by atoms with Crippen LogP contribution >= 0.6 is 23.2 Å². The highest BCUT2D eigenvalue weighted by Crippen LogP contribution is 2.34. The van der Waals surface area contributed by atoms with E-state index in [2.05, 4.69) is 10.6 Å². The number of carbonyl (C=O) groups excluding carboxylic acids is 2. The van der Waals surface area contributed by atoms with Crippen LogP contribution in [0, 0.1) is 5.92 Å². The molecule has 0 unspecified atom stereocenters. The Hall–Kier alpha value is -2.09. The van der Waals surface area contributed by atoms with Crippen molar-refractivity contribution in [2.24, 2.45) is 5.92 Å². The van der Waals surface area contributed by atoms with Gasteiger partial charge in [0.1, 0.15) is 0 Å². The average molecular weight is 429 g/mol. The van der Waals surface area contributed by atoms with Crippen LogP contribution in [0.5, 0.6) is 0 Å². The van der Waals surface area contributed by atoms with E-state index in [4.69, 9.17) is 23.2 Å². The van der Waals surface area contributed by atoms with Crippen LogP contribution in [-0.4, -0.2) is 26.5 Å². The van der Waals surface area contributed by atoms with Gasteiger partial charge in [-0.2, -0.15) is 0 Å². The maximum absolute atomic E-state index is 12.4. The Kier molecular flexibility index (Phi) is 6.51. The van der Waals surface area contributed by atoms with E-state index in [-0.39, 0.29) is 38.0 Å². The standard InChI is InChI=1S/C18H18Cl2N2O4S/c1-10(2)17(23)21-12-8-14(19)16(15(20)9-12)22-18(24)11-4-6-13(7-5-11)27(3,25)26/h4-10H,1-3H3,(H,21,23)(H,22,24). The van der Waals surface area contributed by atoms with Crippen LogP contribution in [-0.2, 0) is 14.6 Å².